The summed E-state index contributed by atoms with van der Waals surface area (Å²) in [7, 11) is 0. The first-order valence-electron chi connectivity index (χ1n) is 5.77. The van der Waals surface area contributed by atoms with Gasteiger partial charge in [-0.15, -0.1) is 0 Å². The van der Waals surface area contributed by atoms with Gasteiger partial charge in [-0.1, -0.05) is 11.6 Å². The lowest BCUT2D eigenvalue weighted by Crippen LogP contribution is -2.12. The van der Waals surface area contributed by atoms with E-state index in [0.29, 0.717) is 15.7 Å². The molecule has 0 aliphatic rings. The third kappa shape index (κ3) is 2.99. The van der Waals surface area contributed by atoms with Gasteiger partial charge in [-0.05, 0) is 53.5 Å². The highest BCUT2D eigenvalue weighted by molar-refractivity contribution is 9.10. The van der Waals surface area contributed by atoms with E-state index in [9.17, 15) is 9.50 Å². The van der Waals surface area contributed by atoms with Crippen molar-refractivity contribution in [3.8, 4) is 0 Å². The lowest BCUT2D eigenvalue weighted by Gasteiger charge is -2.17. The van der Waals surface area contributed by atoms with Gasteiger partial charge in [-0.25, -0.2) is 4.39 Å². The number of aliphatic hydroxyl groups excluding tert-OH is 1. The SMILES string of the molecule is CC(C)n1ncc(Br)c1C(O)c1cc(F)cc(Cl)c1. The third-order valence-corrected chi connectivity index (χ3v) is 3.56. The maximum Gasteiger partial charge on any atom is 0.125 e. The van der Waals surface area contributed by atoms with Gasteiger partial charge < -0.3 is 5.11 Å². The van der Waals surface area contributed by atoms with Crippen molar-refractivity contribution in [2.45, 2.75) is 26.0 Å². The Morgan fingerprint density at radius 1 is 1.37 bits per heavy atom. The standard InChI is InChI=1S/C13H13BrClFN2O/c1-7(2)18-12(11(14)6-17-18)13(19)8-3-9(15)5-10(16)4-8/h3-7,13,19H,1-2H3. The number of nitrogens with zero attached hydrogens (tertiary/aromatic N) is 2. The molecule has 19 heavy (non-hydrogen) atoms. The van der Waals surface area contributed by atoms with Crippen molar-refractivity contribution < 1.29 is 9.50 Å². The molecule has 0 bridgehead atoms. The van der Waals surface area contributed by atoms with Gasteiger partial charge in [0.15, 0.2) is 0 Å². The van der Waals surface area contributed by atoms with Gasteiger partial charge in [-0.2, -0.15) is 5.10 Å². The Hall–Kier alpha value is -0.910. The van der Waals surface area contributed by atoms with Gasteiger partial charge in [0, 0.05) is 11.1 Å². The Balaban J connectivity index is 2.49. The summed E-state index contributed by atoms with van der Waals surface area (Å²) in [6, 6.07) is 4.09. The zero-order valence-electron chi connectivity index (χ0n) is 10.4. The number of hydrogen-bond acceptors (Lipinski definition) is 2. The lowest BCUT2D eigenvalue weighted by atomic mass is 10.1. The predicted molar refractivity (Wildman–Crippen MR) is 75.8 cm³/mol. The molecule has 0 amide bonds. The molecule has 0 radical (unpaired) electrons. The van der Waals surface area contributed by atoms with E-state index in [-0.39, 0.29) is 11.1 Å². The average molecular weight is 348 g/mol. The summed E-state index contributed by atoms with van der Waals surface area (Å²) >= 11 is 9.16. The molecule has 2 rings (SSSR count). The number of rotatable bonds is 3. The number of benzene rings is 1. The number of hydrogen-bond donors (Lipinski definition) is 1. The maximum atomic E-state index is 13.4. The summed E-state index contributed by atoms with van der Waals surface area (Å²) in [6.07, 6.45) is 0.617. The van der Waals surface area contributed by atoms with Crippen LogP contribution in [0.2, 0.25) is 5.02 Å². The Labute approximate surface area is 124 Å². The number of aliphatic hydroxyl groups is 1. The van der Waals surface area contributed by atoms with Crippen molar-refractivity contribution in [3.63, 3.8) is 0 Å². The minimum atomic E-state index is -0.993. The summed E-state index contributed by atoms with van der Waals surface area (Å²) in [6.45, 7) is 3.91. The number of halogens is 3. The van der Waals surface area contributed by atoms with Crippen LogP contribution in [-0.4, -0.2) is 14.9 Å². The van der Waals surface area contributed by atoms with E-state index in [1.165, 1.54) is 12.1 Å². The van der Waals surface area contributed by atoms with Crippen LogP contribution in [0, 0.1) is 5.82 Å². The van der Waals surface area contributed by atoms with E-state index in [1.807, 2.05) is 13.8 Å². The Morgan fingerprint density at radius 3 is 2.63 bits per heavy atom. The topological polar surface area (TPSA) is 38.0 Å². The summed E-state index contributed by atoms with van der Waals surface area (Å²) in [5.41, 5.74) is 0.977. The van der Waals surface area contributed by atoms with Crippen molar-refractivity contribution in [1.82, 2.24) is 9.78 Å². The second-order valence-corrected chi connectivity index (χ2v) is 5.81. The first-order chi connectivity index (χ1) is 8.90. The van der Waals surface area contributed by atoms with Crippen LogP contribution in [0.1, 0.15) is 37.3 Å². The van der Waals surface area contributed by atoms with Gasteiger partial charge >= 0.3 is 0 Å². The van der Waals surface area contributed by atoms with E-state index in [4.69, 9.17) is 11.6 Å². The van der Waals surface area contributed by atoms with E-state index < -0.39 is 11.9 Å². The molecule has 6 heteroatoms. The third-order valence-electron chi connectivity index (χ3n) is 2.74. The lowest BCUT2D eigenvalue weighted by molar-refractivity contribution is 0.203. The fourth-order valence-electron chi connectivity index (χ4n) is 1.91. The Bertz CT molecular complexity index is 580. The number of aromatic nitrogens is 2. The molecule has 0 saturated carbocycles. The fourth-order valence-corrected chi connectivity index (χ4v) is 2.63. The second-order valence-electron chi connectivity index (χ2n) is 4.52. The quantitative estimate of drug-likeness (QED) is 0.907. The molecular weight excluding hydrogens is 335 g/mol. The van der Waals surface area contributed by atoms with Gasteiger partial charge in [0.2, 0.25) is 0 Å². The van der Waals surface area contributed by atoms with Gasteiger partial charge in [0.1, 0.15) is 11.9 Å². The van der Waals surface area contributed by atoms with E-state index in [1.54, 1.807) is 16.9 Å². The van der Waals surface area contributed by atoms with Crippen molar-refractivity contribution in [3.05, 3.63) is 51.0 Å². The molecule has 1 heterocycles. The molecule has 1 atom stereocenters. The van der Waals surface area contributed by atoms with Crippen molar-refractivity contribution in [1.29, 1.82) is 0 Å². The normalized spacial score (nSPS) is 13.0. The van der Waals surface area contributed by atoms with E-state index in [0.717, 1.165) is 0 Å². The predicted octanol–water partition coefficient (Wildman–Crippen LogP) is 4.10. The molecule has 3 nitrogen and oxygen atoms in total. The smallest absolute Gasteiger partial charge is 0.125 e. The second kappa shape index (κ2) is 5.61. The minimum absolute atomic E-state index is 0.0833. The molecule has 0 aliphatic carbocycles. The van der Waals surface area contributed by atoms with Crippen LogP contribution < -0.4 is 0 Å². The molecule has 2 aromatic rings. The minimum Gasteiger partial charge on any atom is -0.382 e. The summed E-state index contributed by atoms with van der Waals surface area (Å²) in [4.78, 5) is 0. The molecule has 1 unspecified atom stereocenters. The maximum absolute atomic E-state index is 13.4. The molecule has 0 fully saturated rings. The molecule has 0 spiro atoms. The average Bonchev–Trinajstić information content (AvgIpc) is 2.69. The van der Waals surface area contributed by atoms with Crippen LogP contribution in [0.25, 0.3) is 0 Å². The van der Waals surface area contributed by atoms with Crippen molar-refractivity contribution in [2.24, 2.45) is 0 Å². The molecule has 102 valence electrons. The van der Waals surface area contributed by atoms with Crippen LogP contribution in [0.4, 0.5) is 4.39 Å². The molecule has 0 saturated heterocycles. The largest absolute Gasteiger partial charge is 0.382 e. The van der Waals surface area contributed by atoms with Crippen LogP contribution in [-0.2, 0) is 0 Å². The zero-order valence-corrected chi connectivity index (χ0v) is 12.8. The zero-order chi connectivity index (χ0) is 14.2. The van der Waals surface area contributed by atoms with Crippen molar-refractivity contribution >= 4 is 27.5 Å². The summed E-state index contributed by atoms with van der Waals surface area (Å²) in [5, 5.41) is 14.9. The molecule has 0 aliphatic heterocycles. The Kier molecular flexibility index (Phi) is 4.28. The highest BCUT2D eigenvalue weighted by Gasteiger charge is 2.21. The van der Waals surface area contributed by atoms with Crippen LogP contribution in [0.15, 0.2) is 28.9 Å². The van der Waals surface area contributed by atoms with Crippen LogP contribution >= 0.6 is 27.5 Å². The van der Waals surface area contributed by atoms with E-state index in [2.05, 4.69) is 21.0 Å². The van der Waals surface area contributed by atoms with E-state index >= 15 is 0 Å². The monoisotopic (exact) mass is 346 g/mol. The molecule has 1 aromatic carbocycles. The molecular formula is C13H13BrClFN2O. The fraction of sp³-hybridized carbons (Fsp3) is 0.308. The van der Waals surface area contributed by atoms with Crippen LogP contribution in [0.3, 0.4) is 0 Å². The first kappa shape index (κ1) is 14.5. The molecule has 1 N–H and O–H groups in total. The van der Waals surface area contributed by atoms with Gasteiger partial charge in [0.25, 0.3) is 0 Å². The van der Waals surface area contributed by atoms with Gasteiger partial charge in [-0.3, -0.25) is 4.68 Å². The molecule has 1 aromatic heterocycles. The Morgan fingerprint density at radius 2 is 2.05 bits per heavy atom. The van der Waals surface area contributed by atoms with Gasteiger partial charge in [0.05, 0.1) is 16.4 Å². The van der Waals surface area contributed by atoms with Crippen LogP contribution in [0.5, 0.6) is 0 Å². The first-order valence-corrected chi connectivity index (χ1v) is 6.94. The summed E-state index contributed by atoms with van der Waals surface area (Å²) in [5.74, 6) is -0.478. The highest BCUT2D eigenvalue weighted by Crippen LogP contribution is 2.31. The summed E-state index contributed by atoms with van der Waals surface area (Å²) < 4.78 is 15.7. The van der Waals surface area contributed by atoms with Crippen molar-refractivity contribution in [2.75, 3.05) is 0 Å². The highest BCUT2D eigenvalue weighted by atomic mass is 79.9.